The molecule has 0 aliphatic heterocycles. The molecule has 0 saturated heterocycles. The van der Waals surface area contributed by atoms with Gasteiger partial charge in [-0.1, -0.05) is 37.3 Å². The number of aryl methyl sites for hydroxylation is 1. The van der Waals surface area contributed by atoms with E-state index in [1.165, 1.54) is 0 Å². The quantitative estimate of drug-likeness (QED) is 0.618. The first kappa shape index (κ1) is 19.4. The van der Waals surface area contributed by atoms with Crippen LogP contribution in [0.4, 0.5) is 17.3 Å². The van der Waals surface area contributed by atoms with Gasteiger partial charge in [-0.2, -0.15) is 0 Å². The third-order valence-electron chi connectivity index (χ3n) is 4.03. The summed E-state index contributed by atoms with van der Waals surface area (Å²) in [7, 11) is 0. The minimum atomic E-state index is -0.325. The van der Waals surface area contributed by atoms with Gasteiger partial charge in [0, 0.05) is 11.9 Å². The number of carbonyl (C=O) groups excluding carboxylic acids is 1. The number of aromatic nitrogens is 2. The molecule has 2 N–H and O–H groups in total. The Hall–Kier alpha value is -3.41. The zero-order valence-corrected chi connectivity index (χ0v) is 16.3. The molecule has 0 saturated carbocycles. The van der Waals surface area contributed by atoms with E-state index in [4.69, 9.17) is 4.74 Å². The van der Waals surface area contributed by atoms with E-state index in [1.54, 1.807) is 18.3 Å². The van der Waals surface area contributed by atoms with Crippen molar-refractivity contribution in [3.63, 3.8) is 0 Å². The van der Waals surface area contributed by atoms with Crippen molar-refractivity contribution in [1.82, 2.24) is 9.97 Å². The topological polar surface area (TPSA) is 76.1 Å². The van der Waals surface area contributed by atoms with Crippen LogP contribution >= 0.6 is 0 Å². The van der Waals surface area contributed by atoms with E-state index in [9.17, 15) is 4.79 Å². The predicted molar refractivity (Wildman–Crippen MR) is 111 cm³/mol. The zero-order chi connectivity index (χ0) is 19.9. The lowest BCUT2D eigenvalue weighted by molar-refractivity contribution is 0.102. The summed E-state index contributed by atoms with van der Waals surface area (Å²) < 4.78 is 5.75. The van der Waals surface area contributed by atoms with Crippen molar-refractivity contribution in [2.45, 2.75) is 33.3 Å². The van der Waals surface area contributed by atoms with Gasteiger partial charge in [-0.25, -0.2) is 9.97 Å². The minimum absolute atomic E-state index is 0.00605. The molecule has 1 aromatic heterocycles. The van der Waals surface area contributed by atoms with Crippen LogP contribution in [0.3, 0.4) is 0 Å². The van der Waals surface area contributed by atoms with Crippen molar-refractivity contribution in [3.8, 4) is 5.75 Å². The van der Waals surface area contributed by atoms with Crippen LogP contribution in [0.1, 0.15) is 36.8 Å². The summed E-state index contributed by atoms with van der Waals surface area (Å²) in [6.07, 6.45) is 2.46. The van der Waals surface area contributed by atoms with Crippen molar-refractivity contribution in [2.75, 3.05) is 10.6 Å². The van der Waals surface area contributed by atoms with Crippen LogP contribution in [0.2, 0.25) is 0 Å². The largest absolute Gasteiger partial charge is 0.489 e. The lowest BCUT2D eigenvalue weighted by Gasteiger charge is -2.15. The molecule has 0 aliphatic rings. The lowest BCUT2D eigenvalue weighted by atomic mass is 10.1. The average Bonchev–Trinajstić information content (AvgIpc) is 2.70. The first-order valence-corrected chi connectivity index (χ1v) is 9.32. The number of para-hydroxylation sites is 3. The Morgan fingerprint density at radius 3 is 2.50 bits per heavy atom. The number of rotatable bonds is 7. The molecule has 0 unspecified atom stereocenters. The molecular weight excluding hydrogens is 352 g/mol. The van der Waals surface area contributed by atoms with Gasteiger partial charge in [0.2, 0.25) is 5.95 Å². The zero-order valence-electron chi connectivity index (χ0n) is 16.3. The second-order valence-corrected chi connectivity index (χ2v) is 6.52. The Labute approximate surface area is 165 Å². The monoisotopic (exact) mass is 376 g/mol. The maximum atomic E-state index is 12.7. The van der Waals surface area contributed by atoms with Crippen molar-refractivity contribution >= 4 is 23.2 Å². The van der Waals surface area contributed by atoms with Gasteiger partial charge < -0.3 is 15.4 Å². The molecule has 0 fully saturated rings. The minimum Gasteiger partial charge on any atom is -0.489 e. The molecule has 2 aromatic carbocycles. The maximum absolute atomic E-state index is 12.7. The molecule has 1 amide bonds. The summed E-state index contributed by atoms with van der Waals surface area (Å²) in [5.74, 6) is 0.671. The first-order chi connectivity index (χ1) is 13.6. The van der Waals surface area contributed by atoms with Crippen LogP contribution in [-0.4, -0.2) is 22.0 Å². The molecule has 0 atom stereocenters. The van der Waals surface area contributed by atoms with E-state index in [2.05, 4.69) is 27.5 Å². The molecule has 0 radical (unpaired) electrons. The molecule has 28 heavy (non-hydrogen) atoms. The molecule has 0 bridgehead atoms. The molecule has 3 aromatic rings. The standard InChI is InChI=1S/C22H24N4O2/c1-4-16-9-5-6-10-17(16)25-22-23-14-13-19(26-22)21(27)24-18-11-7-8-12-20(18)28-15(2)3/h5-15H,4H2,1-3H3,(H,24,27)(H,23,25,26). The Bertz CT molecular complexity index is 957. The number of amides is 1. The maximum Gasteiger partial charge on any atom is 0.274 e. The van der Waals surface area contributed by atoms with Crippen molar-refractivity contribution in [2.24, 2.45) is 0 Å². The van der Waals surface area contributed by atoms with Gasteiger partial charge in [-0.15, -0.1) is 0 Å². The Kier molecular flexibility index (Phi) is 6.22. The van der Waals surface area contributed by atoms with Gasteiger partial charge in [0.25, 0.3) is 5.91 Å². The van der Waals surface area contributed by atoms with Crippen molar-refractivity contribution in [3.05, 3.63) is 72.1 Å². The SMILES string of the molecule is CCc1ccccc1Nc1nccc(C(=O)Nc2ccccc2OC(C)C)n1. The van der Waals surface area contributed by atoms with E-state index in [1.807, 2.05) is 56.3 Å². The highest BCUT2D eigenvalue weighted by Crippen LogP contribution is 2.25. The summed E-state index contributed by atoms with van der Waals surface area (Å²) >= 11 is 0. The highest BCUT2D eigenvalue weighted by molar-refractivity contribution is 6.03. The van der Waals surface area contributed by atoms with Crippen LogP contribution in [0.25, 0.3) is 0 Å². The van der Waals surface area contributed by atoms with Gasteiger partial charge >= 0.3 is 0 Å². The number of hydrogen-bond acceptors (Lipinski definition) is 5. The number of carbonyl (C=O) groups is 1. The molecule has 0 spiro atoms. The Morgan fingerprint density at radius 1 is 1.04 bits per heavy atom. The van der Waals surface area contributed by atoms with Gasteiger partial charge in [-0.05, 0) is 50.1 Å². The van der Waals surface area contributed by atoms with Gasteiger partial charge in [0.1, 0.15) is 11.4 Å². The highest BCUT2D eigenvalue weighted by atomic mass is 16.5. The van der Waals surface area contributed by atoms with Crippen LogP contribution < -0.4 is 15.4 Å². The van der Waals surface area contributed by atoms with E-state index in [0.717, 1.165) is 17.7 Å². The summed E-state index contributed by atoms with van der Waals surface area (Å²) in [5, 5.41) is 6.06. The van der Waals surface area contributed by atoms with Gasteiger partial charge in [0.15, 0.2) is 0 Å². The van der Waals surface area contributed by atoms with Crippen molar-refractivity contribution < 1.29 is 9.53 Å². The Balaban J connectivity index is 1.78. The second-order valence-electron chi connectivity index (χ2n) is 6.52. The molecule has 1 heterocycles. The molecule has 6 nitrogen and oxygen atoms in total. The predicted octanol–water partition coefficient (Wildman–Crippen LogP) is 4.82. The summed E-state index contributed by atoms with van der Waals surface area (Å²) in [5.41, 5.74) is 2.95. The molecule has 3 rings (SSSR count). The van der Waals surface area contributed by atoms with E-state index in [0.29, 0.717) is 17.4 Å². The van der Waals surface area contributed by atoms with E-state index in [-0.39, 0.29) is 17.7 Å². The fourth-order valence-corrected chi connectivity index (χ4v) is 2.73. The van der Waals surface area contributed by atoms with Crippen LogP contribution in [0.5, 0.6) is 5.75 Å². The summed E-state index contributed by atoms with van der Waals surface area (Å²) in [6, 6.07) is 16.9. The molecular formula is C22H24N4O2. The van der Waals surface area contributed by atoms with Crippen LogP contribution in [0, 0.1) is 0 Å². The third kappa shape index (κ3) is 4.85. The van der Waals surface area contributed by atoms with E-state index >= 15 is 0 Å². The first-order valence-electron chi connectivity index (χ1n) is 9.32. The van der Waals surface area contributed by atoms with Crippen molar-refractivity contribution in [1.29, 1.82) is 0 Å². The number of ether oxygens (including phenoxy) is 1. The summed E-state index contributed by atoms with van der Waals surface area (Å²) in [4.78, 5) is 21.3. The lowest BCUT2D eigenvalue weighted by Crippen LogP contribution is -2.16. The van der Waals surface area contributed by atoms with Crippen LogP contribution in [-0.2, 0) is 6.42 Å². The van der Waals surface area contributed by atoms with E-state index < -0.39 is 0 Å². The number of nitrogens with one attached hydrogen (secondary N) is 2. The normalized spacial score (nSPS) is 10.6. The smallest absolute Gasteiger partial charge is 0.274 e. The second kappa shape index (κ2) is 8.99. The number of benzene rings is 2. The molecule has 6 heteroatoms. The van der Waals surface area contributed by atoms with Gasteiger partial charge in [-0.3, -0.25) is 4.79 Å². The molecule has 144 valence electrons. The van der Waals surface area contributed by atoms with Crippen LogP contribution in [0.15, 0.2) is 60.8 Å². The van der Waals surface area contributed by atoms with Gasteiger partial charge in [0.05, 0.1) is 11.8 Å². The summed E-state index contributed by atoms with van der Waals surface area (Å²) in [6.45, 7) is 5.96. The number of anilines is 3. The fourth-order valence-electron chi connectivity index (χ4n) is 2.73. The molecule has 0 aliphatic carbocycles. The highest BCUT2D eigenvalue weighted by Gasteiger charge is 2.13. The number of hydrogen-bond donors (Lipinski definition) is 2. The Morgan fingerprint density at radius 2 is 1.75 bits per heavy atom. The number of nitrogens with zero attached hydrogens (tertiary/aromatic N) is 2. The average molecular weight is 376 g/mol. The third-order valence-corrected chi connectivity index (χ3v) is 4.03. The fraction of sp³-hybridized carbons (Fsp3) is 0.227.